The molecule has 4 rings (SSSR count). The summed E-state index contributed by atoms with van der Waals surface area (Å²) in [4.78, 5) is 26.4. The smallest absolute Gasteiger partial charge is 0.339 e. The molecule has 0 radical (unpaired) electrons. The van der Waals surface area contributed by atoms with Crippen molar-refractivity contribution in [2.45, 2.75) is 12.5 Å². The van der Waals surface area contributed by atoms with Gasteiger partial charge in [-0.3, -0.25) is 10.2 Å². The first-order valence-electron chi connectivity index (χ1n) is 10.3. The van der Waals surface area contributed by atoms with Crippen molar-refractivity contribution in [3.63, 3.8) is 0 Å². The van der Waals surface area contributed by atoms with Gasteiger partial charge < -0.3 is 29.6 Å². The maximum absolute atomic E-state index is 12.7. The zero-order valence-electron chi connectivity index (χ0n) is 18.1. The fraction of sp³-hybridized carbons (Fsp3) is 0.261. The van der Waals surface area contributed by atoms with Gasteiger partial charge >= 0.3 is 5.91 Å². The summed E-state index contributed by atoms with van der Waals surface area (Å²) in [5, 5.41) is 8.28. The second-order valence-corrected chi connectivity index (χ2v) is 7.60. The standard InChI is InChI=1S/C23H24N4O6/c1-27-13-31-20-11-15(2-3-19(20)23(27)29)32-17-8-14(22(28)26-21(25)4-6-24)9-18(10-17)33-16-5-7-30-12-16/h2-4,6,8-11,16H,5,7,12-13,24H2,1H3,(H2,25,26,28)/p+1/b6-4-. The molecule has 1 fully saturated rings. The number of amides is 2. The predicted molar refractivity (Wildman–Crippen MR) is 118 cm³/mol. The molecule has 0 spiro atoms. The molecule has 0 saturated carbocycles. The SMILES string of the molecule is CN1COc2cc(Oc3cc(OC4CCOC4)cc(C(=O)NC(=[NH2+])/C=C\N)c3)ccc2C1=O. The van der Waals surface area contributed by atoms with Crippen molar-refractivity contribution in [1.82, 2.24) is 10.2 Å². The summed E-state index contributed by atoms with van der Waals surface area (Å²) in [6.45, 7) is 1.25. The third-order valence-electron chi connectivity index (χ3n) is 5.05. The van der Waals surface area contributed by atoms with Gasteiger partial charge in [-0.05, 0) is 24.3 Å². The number of nitrogens with zero attached hydrogens (tertiary/aromatic N) is 1. The number of carbonyl (C=O) groups is 2. The average Bonchev–Trinajstić information content (AvgIpc) is 3.29. The van der Waals surface area contributed by atoms with E-state index < -0.39 is 5.91 Å². The molecule has 33 heavy (non-hydrogen) atoms. The highest BCUT2D eigenvalue weighted by molar-refractivity contribution is 6.08. The zero-order valence-corrected chi connectivity index (χ0v) is 18.1. The molecule has 2 heterocycles. The Hall–Kier alpha value is -4.05. The lowest BCUT2D eigenvalue weighted by atomic mass is 10.1. The summed E-state index contributed by atoms with van der Waals surface area (Å²) in [5.41, 5.74) is 6.05. The number of ether oxygens (including phenoxy) is 4. The molecule has 1 saturated heterocycles. The molecule has 172 valence electrons. The van der Waals surface area contributed by atoms with E-state index in [4.69, 9.17) is 30.1 Å². The van der Waals surface area contributed by atoms with E-state index in [9.17, 15) is 9.59 Å². The van der Waals surface area contributed by atoms with Gasteiger partial charge in [0.05, 0.1) is 24.3 Å². The third kappa shape index (κ3) is 5.24. The van der Waals surface area contributed by atoms with Gasteiger partial charge in [0.2, 0.25) is 0 Å². The van der Waals surface area contributed by atoms with Gasteiger partial charge in [-0.15, -0.1) is 0 Å². The lowest BCUT2D eigenvalue weighted by Gasteiger charge is -2.25. The van der Waals surface area contributed by atoms with Crippen LogP contribution in [-0.4, -0.2) is 55.6 Å². The lowest BCUT2D eigenvalue weighted by molar-refractivity contribution is -0.115. The first-order chi connectivity index (χ1) is 15.9. The van der Waals surface area contributed by atoms with Crippen molar-refractivity contribution >= 4 is 17.6 Å². The molecule has 10 nitrogen and oxygen atoms in total. The van der Waals surface area contributed by atoms with E-state index in [0.29, 0.717) is 41.8 Å². The van der Waals surface area contributed by atoms with Crippen LogP contribution in [0.2, 0.25) is 0 Å². The Kier molecular flexibility index (Phi) is 6.45. The quantitative estimate of drug-likeness (QED) is 0.426. The van der Waals surface area contributed by atoms with Crippen LogP contribution in [-0.2, 0) is 4.74 Å². The van der Waals surface area contributed by atoms with Crippen LogP contribution in [0.1, 0.15) is 27.1 Å². The molecular weight excluding hydrogens is 428 g/mol. The zero-order chi connectivity index (χ0) is 23.4. The summed E-state index contributed by atoms with van der Waals surface area (Å²) in [6.07, 6.45) is 3.23. The van der Waals surface area contributed by atoms with E-state index in [1.54, 1.807) is 43.4 Å². The van der Waals surface area contributed by atoms with Crippen molar-refractivity contribution in [3.05, 3.63) is 59.8 Å². The summed E-state index contributed by atoms with van der Waals surface area (Å²) < 4.78 is 22.9. The van der Waals surface area contributed by atoms with Crippen LogP contribution < -0.4 is 30.7 Å². The first kappa shape index (κ1) is 22.2. The molecule has 2 aromatic rings. The van der Waals surface area contributed by atoms with Gasteiger partial charge in [-0.1, -0.05) is 0 Å². The van der Waals surface area contributed by atoms with Gasteiger partial charge in [-0.2, -0.15) is 0 Å². The fourth-order valence-corrected chi connectivity index (χ4v) is 3.41. The number of benzene rings is 2. The minimum absolute atomic E-state index is 0.0990. The fourth-order valence-electron chi connectivity index (χ4n) is 3.41. The van der Waals surface area contributed by atoms with E-state index in [1.165, 1.54) is 17.2 Å². The van der Waals surface area contributed by atoms with Crippen LogP contribution in [0.15, 0.2) is 48.7 Å². The Balaban J connectivity index is 1.60. The molecule has 2 aromatic carbocycles. The molecule has 0 bridgehead atoms. The Bertz CT molecular complexity index is 1110. The van der Waals surface area contributed by atoms with Crippen LogP contribution >= 0.6 is 0 Å². The largest absolute Gasteiger partial charge is 0.488 e. The highest BCUT2D eigenvalue weighted by Gasteiger charge is 2.24. The molecule has 1 unspecified atom stereocenters. The number of nitrogens with one attached hydrogen (secondary N) is 1. The molecule has 0 aliphatic carbocycles. The van der Waals surface area contributed by atoms with Gasteiger partial charge in [0.1, 0.15) is 29.1 Å². The molecular formula is C23H25N4O6+. The van der Waals surface area contributed by atoms with Crippen molar-refractivity contribution < 1.29 is 33.9 Å². The first-order valence-corrected chi connectivity index (χ1v) is 10.3. The van der Waals surface area contributed by atoms with E-state index >= 15 is 0 Å². The maximum atomic E-state index is 12.7. The van der Waals surface area contributed by atoms with Crippen molar-refractivity contribution in [1.29, 1.82) is 0 Å². The third-order valence-corrected chi connectivity index (χ3v) is 5.05. The van der Waals surface area contributed by atoms with Crippen LogP contribution in [0.3, 0.4) is 0 Å². The number of rotatable bonds is 6. The Morgan fingerprint density at radius 2 is 2.06 bits per heavy atom. The highest BCUT2D eigenvalue weighted by atomic mass is 16.5. The summed E-state index contributed by atoms with van der Waals surface area (Å²) in [7, 11) is 1.66. The van der Waals surface area contributed by atoms with E-state index in [1.807, 2.05) is 0 Å². The number of carbonyl (C=O) groups excluding carboxylic acids is 2. The van der Waals surface area contributed by atoms with Crippen LogP contribution in [0.5, 0.6) is 23.0 Å². The molecule has 2 aliphatic heterocycles. The number of hydrogen-bond acceptors (Lipinski definition) is 7. The van der Waals surface area contributed by atoms with Crippen molar-refractivity contribution in [3.8, 4) is 23.0 Å². The number of amidine groups is 1. The minimum atomic E-state index is -0.453. The lowest BCUT2D eigenvalue weighted by Crippen LogP contribution is -2.49. The summed E-state index contributed by atoms with van der Waals surface area (Å²) in [5.74, 6) is 1.20. The molecule has 1 atom stereocenters. The van der Waals surface area contributed by atoms with Crippen molar-refractivity contribution in [2.75, 3.05) is 27.0 Å². The van der Waals surface area contributed by atoms with Gasteiger partial charge in [-0.25, -0.2) is 10.1 Å². The number of hydrogen-bond donors (Lipinski definition) is 3. The molecule has 5 N–H and O–H groups in total. The van der Waals surface area contributed by atoms with E-state index in [0.717, 1.165) is 6.42 Å². The second-order valence-electron chi connectivity index (χ2n) is 7.60. The summed E-state index contributed by atoms with van der Waals surface area (Å²) in [6, 6.07) is 9.78. The molecule has 0 aromatic heterocycles. The summed E-state index contributed by atoms with van der Waals surface area (Å²) >= 11 is 0. The maximum Gasteiger partial charge on any atom is 0.339 e. The van der Waals surface area contributed by atoms with Crippen LogP contribution in [0.25, 0.3) is 0 Å². The molecule has 10 heteroatoms. The average molecular weight is 453 g/mol. The number of fused-ring (bicyclic) bond motifs is 1. The Morgan fingerprint density at radius 1 is 1.24 bits per heavy atom. The Labute approximate surface area is 190 Å². The molecule has 2 amide bonds. The van der Waals surface area contributed by atoms with Crippen LogP contribution in [0, 0.1) is 0 Å². The minimum Gasteiger partial charge on any atom is -0.488 e. The van der Waals surface area contributed by atoms with Gasteiger partial charge in [0.15, 0.2) is 6.73 Å². The highest BCUT2D eigenvalue weighted by Crippen LogP contribution is 2.33. The van der Waals surface area contributed by atoms with Gasteiger partial charge in [0, 0.05) is 37.9 Å². The predicted octanol–water partition coefficient (Wildman–Crippen LogP) is 0.428. The van der Waals surface area contributed by atoms with Crippen molar-refractivity contribution in [2.24, 2.45) is 5.73 Å². The monoisotopic (exact) mass is 453 g/mol. The number of nitrogens with two attached hydrogens (primary N) is 2. The molecule has 2 aliphatic rings. The van der Waals surface area contributed by atoms with E-state index in [-0.39, 0.29) is 30.1 Å². The normalized spacial score (nSPS) is 17.4. The second kappa shape index (κ2) is 9.61. The van der Waals surface area contributed by atoms with E-state index in [2.05, 4.69) is 5.32 Å². The topological polar surface area (TPSA) is 138 Å². The van der Waals surface area contributed by atoms with Crippen LogP contribution in [0.4, 0.5) is 0 Å². The van der Waals surface area contributed by atoms with Gasteiger partial charge in [0.25, 0.3) is 11.7 Å². The Morgan fingerprint density at radius 3 is 2.82 bits per heavy atom.